The van der Waals surface area contributed by atoms with Gasteiger partial charge in [-0.2, -0.15) is 5.10 Å². The highest BCUT2D eigenvalue weighted by atomic mass is 16.5. The topological polar surface area (TPSA) is 74.6 Å². The maximum absolute atomic E-state index is 12.8. The highest BCUT2D eigenvalue weighted by Gasteiger charge is 2.18. The Kier molecular flexibility index (Phi) is 5.77. The molecule has 0 radical (unpaired) electrons. The average Bonchev–Trinajstić information content (AvgIpc) is 3.11. The van der Waals surface area contributed by atoms with Crippen LogP contribution in [0.4, 0.5) is 5.69 Å². The van der Waals surface area contributed by atoms with Crippen molar-refractivity contribution in [1.29, 1.82) is 0 Å². The molecule has 0 unspecified atom stereocenters. The standard InChI is InChI=1S/C22H25N3O4/c1-13-7-8-15(9-14(13)2)18-12-17(24-25(18)3)22(26)23-16-10-19(27-4)21(29-6)20(11-16)28-5/h7-12H,1-6H3,(H,23,26). The quantitative estimate of drug-likeness (QED) is 0.683. The van der Waals surface area contributed by atoms with Crippen molar-refractivity contribution in [1.82, 2.24) is 9.78 Å². The number of nitrogens with zero attached hydrogens (tertiary/aromatic N) is 2. The van der Waals surface area contributed by atoms with Crippen molar-refractivity contribution in [2.75, 3.05) is 26.6 Å². The summed E-state index contributed by atoms with van der Waals surface area (Å²) in [5, 5.41) is 7.21. The van der Waals surface area contributed by atoms with E-state index >= 15 is 0 Å². The fourth-order valence-electron chi connectivity index (χ4n) is 3.10. The molecule has 0 aliphatic heterocycles. The van der Waals surface area contributed by atoms with Crippen molar-refractivity contribution in [2.24, 2.45) is 7.05 Å². The first-order chi connectivity index (χ1) is 13.9. The zero-order chi connectivity index (χ0) is 21.1. The summed E-state index contributed by atoms with van der Waals surface area (Å²) in [6, 6.07) is 11.3. The first-order valence-electron chi connectivity index (χ1n) is 9.11. The van der Waals surface area contributed by atoms with E-state index in [0.29, 0.717) is 28.6 Å². The summed E-state index contributed by atoms with van der Waals surface area (Å²) in [4.78, 5) is 12.8. The van der Waals surface area contributed by atoms with Crippen LogP contribution >= 0.6 is 0 Å². The predicted molar refractivity (Wildman–Crippen MR) is 112 cm³/mol. The van der Waals surface area contributed by atoms with Crippen LogP contribution in [0.15, 0.2) is 36.4 Å². The van der Waals surface area contributed by atoms with Gasteiger partial charge in [-0.25, -0.2) is 0 Å². The zero-order valence-electron chi connectivity index (χ0n) is 17.5. The summed E-state index contributed by atoms with van der Waals surface area (Å²) in [5.41, 5.74) is 5.11. The Morgan fingerprint density at radius 3 is 2.14 bits per heavy atom. The molecule has 0 bridgehead atoms. The second kappa shape index (κ2) is 8.26. The highest BCUT2D eigenvalue weighted by molar-refractivity contribution is 6.03. The molecule has 0 aliphatic rings. The summed E-state index contributed by atoms with van der Waals surface area (Å²) in [6.45, 7) is 4.13. The molecular formula is C22H25N3O4. The molecule has 152 valence electrons. The molecule has 1 amide bonds. The Bertz CT molecular complexity index is 1030. The summed E-state index contributed by atoms with van der Waals surface area (Å²) in [7, 11) is 6.40. The van der Waals surface area contributed by atoms with Gasteiger partial charge in [0, 0.05) is 30.4 Å². The van der Waals surface area contributed by atoms with Crippen molar-refractivity contribution < 1.29 is 19.0 Å². The van der Waals surface area contributed by atoms with Gasteiger partial charge in [0.05, 0.1) is 27.0 Å². The lowest BCUT2D eigenvalue weighted by atomic mass is 10.0. The monoisotopic (exact) mass is 395 g/mol. The summed E-state index contributed by atoms with van der Waals surface area (Å²) in [5.74, 6) is 1.05. The van der Waals surface area contributed by atoms with E-state index in [2.05, 4.69) is 36.4 Å². The molecule has 3 aromatic rings. The molecule has 1 N–H and O–H groups in total. The largest absolute Gasteiger partial charge is 0.493 e. The normalized spacial score (nSPS) is 10.6. The van der Waals surface area contributed by atoms with E-state index < -0.39 is 0 Å². The summed E-state index contributed by atoms with van der Waals surface area (Å²) >= 11 is 0. The van der Waals surface area contributed by atoms with Crippen LogP contribution < -0.4 is 19.5 Å². The minimum absolute atomic E-state index is 0.314. The minimum atomic E-state index is -0.329. The maximum Gasteiger partial charge on any atom is 0.276 e. The van der Waals surface area contributed by atoms with Gasteiger partial charge in [-0.05, 0) is 37.1 Å². The number of carbonyl (C=O) groups is 1. The molecule has 0 aliphatic carbocycles. The first kappa shape index (κ1) is 20.3. The van der Waals surface area contributed by atoms with Crippen LogP contribution in [0.3, 0.4) is 0 Å². The molecule has 3 rings (SSSR count). The molecule has 7 nitrogen and oxygen atoms in total. The second-order valence-corrected chi connectivity index (χ2v) is 6.71. The Hall–Kier alpha value is -3.48. The highest BCUT2D eigenvalue weighted by Crippen LogP contribution is 2.40. The number of anilines is 1. The van der Waals surface area contributed by atoms with Gasteiger partial charge in [-0.1, -0.05) is 12.1 Å². The third kappa shape index (κ3) is 4.03. The molecular weight excluding hydrogens is 370 g/mol. The van der Waals surface area contributed by atoms with E-state index in [1.54, 1.807) is 22.9 Å². The fraction of sp³-hybridized carbons (Fsp3) is 0.273. The zero-order valence-corrected chi connectivity index (χ0v) is 17.5. The van der Waals surface area contributed by atoms with Crippen LogP contribution in [0.1, 0.15) is 21.6 Å². The number of nitrogens with one attached hydrogen (secondary N) is 1. The number of carbonyl (C=O) groups excluding carboxylic acids is 1. The molecule has 2 aromatic carbocycles. The van der Waals surface area contributed by atoms with Crippen LogP contribution in [0.2, 0.25) is 0 Å². The van der Waals surface area contributed by atoms with Gasteiger partial charge in [0.25, 0.3) is 5.91 Å². The van der Waals surface area contributed by atoms with E-state index in [4.69, 9.17) is 14.2 Å². The fourth-order valence-corrected chi connectivity index (χ4v) is 3.10. The first-order valence-corrected chi connectivity index (χ1v) is 9.11. The van der Waals surface area contributed by atoms with Gasteiger partial charge in [0.1, 0.15) is 0 Å². The van der Waals surface area contributed by atoms with Gasteiger partial charge in [-0.15, -0.1) is 0 Å². The third-order valence-corrected chi connectivity index (χ3v) is 4.84. The van der Waals surface area contributed by atoms with Crippen LogP contribution in [0.5, 0.6) is 17.2 Å². The van der Waals surface area contributed by atoms with Crippen molar-refractivity contribution in [3.8, 4) is 28.5 Å². The molecule has 0 fully saturated rings. The Morgan fingerprint density at radius 1 is 0.931 bits per heavy atom. The van der Waals surface area contributed by atoms with E-state index in [9.17, 15) is 4.79 Å². The molecule has 29 heavy (non-hydrogen) atoms. The lowest BCUT2D eigenvalue weighted by molar-refractivity contribution is 0.102. The van der Waals surface area contributed by atoms with Crippen molar-refractivity contribution in [2.45, 2.75) is 13.8 Å². The minimum Gasteiger partial charge on any atom is -0.493 e. The number of rotatable bonds is 6. The molecule has 0 atom stereocenters. The molecule has 1 aromatic heterocycles. The Morgan fingerprint density at radius 2 is 1.59 bits per heavy atom. The second-order valence-electron chi connectivity index (χ2n) is 6.71. The molecule has 7 heteroatoms. The van der Waals surface area contributed by atoms with Gasteiger partial charge in [0.15, 0.2) is 17.2 Å². The number of ether oxygens (including phenoxy) is 3. The van der Waals surface area contributed by atoms with Crippen molar-refractivity contribution in [3.63, 3.8) is 0 Å². The maximum atomic E-state index is 12.8. The van der Waals surface area contributed by atoms with Crippen LogP contribution in [0, 0.1) is 13.8 Å². The Balaban J connectivity index is 1.89. The summed E-state index contributed by atoms with van der Waals surface area (Å²) < 4.78 is 17.7. The SMILES string of the molecule is COc1cc(NC(=O)c2cc(-c3ccc(C)c(C)c3)n(C)n2)cc(OC)c1OC. The van der Waals surface area contributed by atoms with Crippen LogP contribution in [-0.4, -0.2) is 37.0 Å². The van der Waals surface area contributed by atoms with E-state index in [1.807, 2.05) is 13.1 Å². The van der Waals surface area contributed by atoms with Crippen molar-refractivity contribution >= 4 is 11.6 Å². The van der Waals surface area contributed by atoms with Crippen molar-refractivity contribution in [3.05, 3.63) is 53.2 Å². The van der Waals surface area contributed by atoms with Gasteiger partial charge in [0.2, 0.25) is 5.75 Å². The number of methoxy groups -OCH3 is 3. The number of aryl methyl sites for hydroxylation is 3. The lowest BCUT2D eigenvalue weighted by Crippen LogP contribution is -2.13. The predicted octanol–water partition coefficient (Wildman–Crippen LogP) is 3.98. The smallest absolute Gasteiger partial charge is 0.276 e. The summed E-state index contributed by atoms with van der Waals surface area (Å²) in [6.07, 6.45) is 0. The molecule has 0 saturated carbocycles. The lowest BCUT2D eigenvalue weighted by Gasteiger charge is -2.14. The molecule has 1 heterocycles. The number of hydrogen-bond donors (Lipinski definition) is 1. The number of benzene rings is 2. The Labute approximate surface area is 170 Å². The van der Waals surface area contributed by atoms with E-state index in [1.165, 1.54) is 32.5 Å². The van der Waals surface area contributed by atoms with Gasteiger partial charge >= 0.3 is 0 Å². The van der Waals surface area contributed by atoms with Crippen LogP contribution in [-0.2, 0) is 7.05 Å². The van der Waals surface area contributed by atoms with Gasteiger partial charge < -0.3 is 19.5 Å². The molecule has 0 saturated heterocycles. The average molecular weight is 395 g/mol. The number of hydrogen-bond acceptors (Lipinski definition) is 5. The van der Waals surface area contributed by atoms with E-state index in [-0.39, 0.29) is 5.91 Å². The third-order valence-electron chi connectivity index (χ3n) is 4.84. The van der Waals surface area contributed by atoms with Crippen LogP contribution in [0.25, 0.3) is 11.3 Å². The van der Waals surface area contributed by atoms with E-state index in [0.717, 1.165) is 11.3 Å². The number of aromatic nitrogens is 2. The molecule has 0 spiro atoms. The number of amides is 1. The van der Waals surface area contributed by atoms with Gasteiger partial charge in [-0.3, -0.25) is 9.48 Å².